The molecule has 0 spiro atoms. The molecule has 3 N–H and O–H groups in total. The van der Waals surface area contributed by atoms with E-state index in [1.165, 1.54) is 12.1 Å². The summed E-state index contributed by atoms with van der Waals surface area (Å²) >= 11 is 5.94. The zero-order valence-electron chi connectivity index (χ0n) is 11.6. The minimum Gasteiger partial charge on any atom is -0.396 e. The Balaban J connectivity index is 2.49. The molecule has 0 fully saturated rings. The largest absolute Gasteiger partial charge is 0.396 e. The van der Waals surface area contributed by atoms with Gasteiger partial charge in [-0.1, -0.05) is 24.6 Å². The maximum atomic E-state index is 13.0. The fourth-order valence-electron chi connectivity index (χ4n) is 1.77. The van der Waals surface area contributed by atoms with Crippen molar-refractivity contribution in [3.63, 3.8) is 0 Å². The van der Waals surface area contributed by atoms with Crippen molar-refractivity contribution in [3.05, 3.63) is 34.6 Å². The van der Waals surface area contributed by atoms with Gasteiger partial charge in [-0.2, -0.15) is 0 Å². The first-order valence-electron chi connectivity index (χ1n) is 6.54. The van der Waals surface area contributed by atoms with Gasteiger partial charge in [-0.05, 0) is 37.0 Å². The van der Waals surface area contributed by atoms with E-state index in [2.05, 4.69) is 10.6 Å². The van der Waals surface area contributed by atoms with Gasteiger partial charge in [0, 0.05) is 18.2 Å². The number of hydrogen-bond acceptors (Lipinski definition) is 2. The standard InChI is InChI=1S/C14H20ClFN2O2/c1-9(5-6-19)8-17-14(20)18-10(2)12-4-3-11(16)7-13(12)15/h3-4,7,9-10,19H,5-6,8H2,1-2H3,(H2,17,18,20)/t9-,10-/m0/s1. The van der Waals surface area contributed by atoms with E-state index in [1.54, 1.807) is 13.0 Å². The second kappa shape index (κ2) is 8.07. The number of carbonyl (C=O) groups is 1. The van der Waals surface area contributed by atoms with Crippen LogP contribution in [-0.4, -0.2) is 24.3 Å². The molecule has 0 heterocycles. The van der Waals surface area contributed by atoms with E-state index in [-0.39, 0.29) is 29.6 Å². The number of aliphatic hydroxyl groups excluding tert-OH is 1. The highest BCUT2D eigenvalue weighted by Crippen LogP contribution is 2.23. The lowest BCUT2D eigenvalue weighted by atomic mass is 10.1. The predicted octanol–water partition coefficient (Wildman–Crippen LogP) is 2.86. The number of carbonyl (C=O) groups excluding carboxylic acids is 1. The first-order valence-corrected chi connectivity index (χ1v) is 6.92. The summed E-state index contributed by atoms with van der Waals surface area (Å²) in [4.78, 5) is 11.7. The molecule has 1 rings (SSSR count). The Hall–Kier alpha value is -1.33. The summed E-state index contributed by atoms with van der Waals surface area (Å²) in [5.41, 5.74) is 0.659. The summed E-state index contributed by atoms with van der Waals surface area (Å²) in [6.45, 7) is 4.30. The first kappa shape index (κ1) is 16.7. The number of hydrogen-bond donors (Lipinski definition) is 3. The van der Waals surface area contributed by atoms with Crippen molar-refractivity contribution >= 4 is 17.6 Å². The van der Waals surface area contributed by atoms with Crippen molar-refractivity contribution < 1.29 is 14.3 Å². The molecule has 0 radical (unpaired) electrons. The van der Waals surface area contributed by atoms with E-state index < -0.39 is 5.82 Å². The van der Waals surface area contributed by atoms with E-state index in [9.17, 15) is 9.18 Å². The van der Waals surface area contributed by atoms with Crippen LogP contribution in [0.2, 0.25) is 5.02 Å². The molecule has 1 aromatic rings. The number of nitrogens with one attached hydrogen (secondary N) is 2. The minimum absolute atomic E-state index is 0.103. The summed E-state index contributed by atoms with van der Waals surface area (Å²) in [6.07, 6.45) is 0.639. The molecule has 0 saturated carbocycles. The third-order valence-corrected chi connectivity index (χ3v) is 3.34. The van der Waals surface area contributed by atoms with Crippen molar-refractivity contribution in [2.75, 3.05) is 13.2 Å². The third-order valence-electron chi connectivity index (χ3n) is 3.01. The number of aliphatic hydroxyl groups is 1. The van der Waals surface area contributed by atoms with Crippen LogP contribution in [0, 0.1) is 11.7 Å². The molecular weight excluding hydrogens is 283 g/mol. The molecule has 0 aliphatic rings. The number of halogens is 2. The molecule has 20 heavy (non-hydrogen) atoms. The van der Waals surface area contributed by atoms with Gasteiger partial charge in [-0.3, -0.25) is 0 Å². The van der Waals surface area contributed by atoms with E-state index >= 15 is 0 Å². The van der Waals surface area contributed by atoms with Crippen LogP contribution in [0.1, 0.15) is 31.9 Å². The topological polar surface area (TPSA) is 61.4 Å². The van der Waals surface area contributed by atoms with Crippen molar-refractivity contribution in [1.82, 2.24) is 10.6 Å². The van der Waals surface area contributed by atoms with Crippen LogP contribution in [0.4, 0.5) is 9.18 Å². The lowest BCUT2D eigenvalue weighted by Gasteiger charge is -2.17. The van der Waals surface area contributed by atoms with Crippen molar-refractivity contribution in [2.45, 2.75) is 26.3 Å². The van der Waals surface area contributed by atoms with Crippen LogP contribution < -0.4 is 10.6 Å². The minimum atomic E-state index is -0.409. The molecule has 6 heteroatoms. The molecule has 0 aromatic heterocycles. The molecule has 1 aromatic carbocycles. The van der Waals surface area contributed by atoms with Crippen LogP contribution >= 0.6 is 11.6 Å². The maximum Gasteiger partial charge on any atom is 0.315 e. The Kier molecular flexibility index (Phi) is 6.75. The number of benzene rings is 1. The molecule has 0 aliphatic heterocycles. The van der Waals surface area contributed by atoms with Gasteiger partial charge in [-0.25, -0.2) is 9.18 Å². The maximum absolute atomic E-state index is 13.0. The molecule has 0 saturated heterocycles. The molecule has 112 valence electrons. The lowest BCUT2D eigenvalue weighted by molar-refractivity contribution is 0.231. The van der Waals surface area contributed by atoms with Gasteiger partial charge in [0.2, 0.25) is 0 Å². The average Bonchev–Trinajstić information content (AvgIpc) is 2.36. The zero-order valence-corrected chi connectivity index (χ0v) is 12.4. The smallest absolute Gasteiger partial charge is 0.315 e. The van der Waals surface area contributed by atoms with Gasteiger partial charge < -0.3 is 15.7 Å². The Labute approximate surface area is 123 Å². The normalized spacial score (nSPS) is 13.7. The van der Waals surface area contributed by atoms with Gasteiger partial charge >= 0.3 is 6.03 Å². The fourth-order valence-corrected chi connectivity index (χ4v) is 2.10. The van der Waals surface area contributed by atoms with Gasteiger partial charge in [-0.15, -0.1) is 0 Å². The Morgan fingerprint density at radius 1 is 1.45 bits per heavy atom. The number of urea groups is 1. The highest BCUT2D eigenvalue weighted by Gasteiger charge is 2.13. The quantitative estimate of drug-likeness (QED) is 0.756. The molecule has 4 nitrogen and oxygen atoms in total. The first-order chi connectivity index (χ1) is 9.43. The number of rotatable bonds is 6. The van der Waals surface area contributed by atoms with E-state index in [4.69, 9.17) is 16.7 Å². The molecule has 0 bridgehead atoms. The highest BCUT2D eigenvalue weighted by molar-refractivity contribution is 6.31. The predicted molar refractivity (Wildman–Crippen MR) is 77.2 cm³/mol. The van der Waals surface area contributed by atoms with Gasteiger partial charge in [0.05, 0.1) is 6.04 Å². The summed E-state index contributed by atoms with van der Waals surface area (Å²) in [6, 6.07) is 3.44. The van der Waals surface area contributed by atoms with E-state index in [0.717, 1.165) is 0 Å². The summed E-state index contributed by atoms with van der Waals surface area (Å²) < 4.78 is 13.0. The number of amides is 2. The summed E-state index contributed by atoms with van der Waals surface area (Å²) in [7, 11) is 0. The third kappa shape index (κ3) is 5.35. The van der Waals surface area contributed by atoms with Crippen molar-refractivity contribution in [2.24, 2.45) is 5.92 Å². The van der Waals surface area contributed by atoms with E-state index in [0.29, 0.717) is 18.5 Å². The zero-order chi connectivity index (χ0) is 15.1. The van der Waals surface area contributed by atoms with Crippen LogP contribution in [0.3, 0.4) is 0 Å². The monoisotopic (exact) mass is 302 g/mol. The van der Waals surface area contributed by atoms with E-state index in [1.807, 2.05) is 6.92 Å². The fraction of sp³-hybridized carbons (Fsp3) is 0.500. The van der Waals surface area contributed by atoms with Crippen LogP contribution in [0.25, 0.3) is 0 Å². The molecule has 0 unspecified atom stereocenters. The lowest BCUT2D eigenvalue weighted by Crippen LogP contribution is -2.39. The van der Waals surface area contributed by atoms with Gasteiger partial charge in [0.25, 0.3) is 0 Å². The van der Waals surface area contributed by atoms with Crippen molar-refractivity contribution in [1.29, 1.82) is 0 Å². The Bertz CT molecular complexity index is 457. The second-order valence-corrected chi connectivity index (χ2v) is 5.27. The summed E-state index contributed by atoms with van der Waals surface area (Å²) in [5, 5.41) is 14.5. The molecule has 2 atom stereocenters. The van der Waals surface area contributed by atoms with Gasteiger partial charge in [0.1, 0.15) is 5.82 Å². The molecule has 2 amide bonds. The van der Waals surface area contributed by atoms with Crippen LogP contribution in [-0.2, 0) is 0 Å². The van der Waals surface area contributed by atoms with Crippen LogP contribution in [0.15, 0.2) is 18.2 Å². The van der Waals surface area contributed by atoms with Gasteiger partial charge in [0.15, 0.2) is 0 Å². The highest BCUT2D eigenvalue weighted by atomic mass is 35.5. The molecule has 0 aliphatic carbocycles. The summed E-state index contributed by atoms with van der Waals surface area (Å²) in [5.74, 6) is -0.205. The van der Waals surface area contributed by atoms with Crippen molar-refractivity contribution in [3.8, 4) is 0 Å². The Morgan fingerprint density at radius 3 is 2.75 bits per heavy atom. The average molecular weight is 303 g/mol. The molecular formula is C14H20ClFN2O2. The van der Waals surface area contributed by atoms with Crippen LogP contribution in [0.5, 0.6) is 0 Å². The SMILES string of the molecule is C[C@@H](CCO)CNC(=O)N[C@@H](C)c1ccc(F)cc1Cl. The second-order valence-electron chi connectivity index (χ2n) is 4.86. The Morgan fingerprint density at radius 2 is 2.15 bits per heavy atom.